The average molecular weight is 308 g/mol. The van der Waals surface area contributed by atoms with Gasteiger partial charge in [0.15, 0.2) is 0 Å². The van der Waals surface area contributed by atoms with Crippen molar-refractivity contribution in [3.8, 4) is 0 Å². The molecule has 0 bridgehead atoms. The number of hydrogen-bond acceptors (Lipinski definition) is 1. The molecule has 1 aliphatic heterocycles. The van der Waals surface area contributed by atoms with Crippen LogP contribution in [0, 0.1) is 5.92 Å². The second-order valence-corrected chi connectivity index (χ2v) is 6.88. The zero-order valence-electron chi connectivity index (χ0n) is 13.1. The normalized spacial score (nSPS) is 17.6. The van der Waals surface area contributed by atoms with Crippen molar-refractivity contribution >= 4 is 17.5 Å². The first-order chi connectivity index (χ1) is 10.1. The van der Waals surface area contributed by atoms with Gasteiger partial charge in [-0.1, -0.05) is 51.0 Å². The van der Waals surface area contributed by atoms with Gasteiger partial charge in [-0.15, -0.1) is 11.6 Å². The van der Waals surface area contributed by atoms with Crippen molar-refractivity contribution in [1.29, 1.82) is 0 Å². The molecule has 1 heterocycles. The number of rotatable bonds is 4. The molecule has 21 heavy (non-hydrogen) atoms. The highest BCUT2D eigenvalue weighted by molar-refractivity contribution is 6.30. The van der Waals surface area contributed by atoms with E-state index in [0.717, 1.165) is 37.9 Å². The lowest BCUT2D eigenvalue weighted by Crippen LogP contribution is -2.34. The monoisotopic (exact) mass is 307 g/mol. The molecule has 1 unspecified atom stereocenters. The van der Waals surface area contributed by atoms with Gasteiger partial charge < -0.3 is 4.90 Å². The summed E-state index contributed by atoms with van der Waals surface area (Å²) in [4.78, 5) is 14.4. The van der Waals surface area contributed by atoms with E-state index in [9.17, 15) is 4.79 Å². The highest BCUT2D eigenvalue weighted by atomic mass is 35.5. The molecular formula is C18H26ClNO. The summed E-state index contributed by atoms with van der Waals surface area (Å²) in [6.45, 7) is 6.13. The zero-order valence-corrected chi connectivity index (χ0v) is 13.9. The van der Waals surface area contributed by atoms with E-state index in [0.29, 0.717) is 5.92 Å². The van der Waals surface area contributed by atoms with E-state index in [1.165, 1.54) is 18.4 Å². The fraction of sp³-hybridized carbons (Fsp3) is 0.611. The van der Waals surface area contributed by atoms with Gasteiger partial charge in [0.2, 0.25) is 5.91 Å². The Morgan fingerprint density at radius 1 is 1.10 bits per heavy atom. The number of halogens is 1. The molecule has 2 rings (SSSR count). The van der Waals surface area contributed by atoms with E-state index in [1.807, 2.05) is 17.0 Å². The maximum Gasteiger partial charge on any atom is 0.245 e. The molecule has 0 N–H and O–H groups in total. The van der Waals surface area contributed by atoms with Gasteiger partial charge in [-0.2, -0.15) is 0 Å². The van der Waals surface area contributed by atoms with Gasteiger partial charge in [-0.3, -0.25) is 4.79 Å². The first-order valence-electron chi connectivity index (χ1n) is 8.09. The quantitative estimate of drug-likeness (QED) is 0.746. The van der Waals surface area contributed by atoms with Crippen molar-refractivity contribution in [3.63, 3.8) is 0 Å². The molecule has 1 fully saturated rings. The summed E-state index contributed by atoms with van der Waals surface area (Å²) in [7, 11) is 0. The molecule has 1 aliphatic rings. The Kier molecular flexibility index (Phi) is 6.10. The van der Waals surface area contributed by atoms with Gasteiger partial charge in [0.1, 0.15) is 5.38 Å². The van der Waals surface area contributed by atoms with Crippen LogP contribution in [0.3, 0.4) is 0 Å². The van der Waals surface area contributed by atoms with Crippen molar-refractivity contribution in [2.75, 3.05) is 13.1 Å². The number of alkyl halides is 1. The Labute approximate surface area is 133 Å². The topological polar surface area (TPSA) is 20.3 Å². The lowest BCUT2D eigenvalue weighted by Gasteiger charge is -2.23. The molecule has 1 amide bonds. The van der Waals surface area contributed by atoms with E-state index < -0.39 is 5.38 Å². The van der Waals surface area contributed by atoms with E-state index in [4.69, 9.17) is 11.6 Å². The molecular weight excluding hydrogens is 282 g/mol. The van der Waals surface area contributed by atoms with Gasteiger partial charge in [-0.05, 0) is 36.3 Å². The van der Waals surface area contributed by atoms with Crippen LogP contribution in [-0.4, -0.2) is 23.9 Å². The molecule has 0 radical (unpaired) electrons. The molecule has 1 atom stereocenters. The molecule has 2 nitrogen and oxygen atoms in total. The van der Waals surface area contributed by atoms with Crippen molar-refractivity contribution in [2.24, 2.45) is 5.92 Å². The van der Waals surface area contributed by atoms with Crippen LogP contribution in [0.1, 0.15) is 56.0 Å². The molecule has 0 saturated carbocycles. The van der Waals surface area contributed by atoms with Crippen molar-refractivity contribution in [3.05, 3.63) is 35.4 Å². The number of benzene rings is 1. The summed E-state index contributed by atoms with van der Waals surface area (Å²) in [6, 6.07) is 8.21. The van der Waals surface area contributed by atoms with Crippen molar-refractivity contribution in [1.82, 2.24) is 4.90 Å². The fourth-order valence-electron chi connectivity index (χ4n) is 2.89. The van der Waals surface area contributed by atoms with E-state index >= 15 is 0 Å². The number of hydrogen-bond donors (Lipinski definition) is 0. The summed E-state index contributed by atoms with van der Waals surface area (Å²) in [6.07, 6.45) is 5.71. The van der Waals surface area contributed by atoms with Crippen LogP contribution in [0.5, 0.6) is 0 Å². The Balaban J connectivity index is 2.00. The molecule has 1 aromatic carbocycles. The molecule has 0 spiro atoms. The number of amides is 1. The van der Waals surface area contributed by atoms with E-state index in [1.54, 1.807) is 0 Å². The summed E-state index contributed by atoms with van der Waals surface area (Å²) in [5.74, 6) is 0.705. The van der Waals surface area contributed by atoms with Crippen LogP contribution in [-0.2, 0) is 11.2 Å². The smallest absolute Gasteiger partial charge is 0.245 e. The first kappa shape index (κ1) is 16.4. The molecule has 116 valence electrons. The second-order valence-electron chi connectivity index (χ2n) is 6.44. The number of nitrogens with zero attached hydrogens (tertiary/aromatic N) is 1. The number of likely N-dealkylation sites (tertiary alicyclic amines) is 1. The minimum absolute atomic E-state index is 0.0650. The van der Waals surface area contributed by atoms with Crippen LogP contribution in [0.4, 0.5) is 0 Å². The van der Waals surface area contributed by atoms with Crippen LogP contribution >= 0.6 is 11.6 Å². The second kappa shape index (κ2) is 7.84. The predicted octanol–water partition coefficient (Wildman–Crippen LogP) is 4.57. The summed E-state index contributed by atoms with van der Waals surface area (Å²) in [5.41, 5.74) is 2.22. The fourth-order valence-corrected chi connectivity index (χ4v) is 3.17. The van der Waals surface area contributed by atoms with Gasteiger partial charge in [-0.25, -0.2) is 0 Å². The van der Waals surface area contributed by atoms with Gasteiger partial charge >= 0.3 is 0 Å². The van der Waals surface area contributed by atoms with Crippen LogP contribution in [0.25, 0.3) is 0 Å². The van der Waals surface area contributed by atoms with E-state index in [2.05, 4.69) is 26.0 Å². The third-order valence-electron chi connectivity index (χ3n) is 4.05. The molecule has 3 heteroatoms. The summed E-state index contributed by atoms with van der Waals surface area (Å²) < 4.78 is 0. The molecule has 1 aromatic rings. The molecule has 1 saturated heterocycles. The Hall–Kier alpha value is -1.02. The Morgan fingerprint density at radius 2 is 1.67 bits per heavy atom. The summed E-state index contributed by atoms with van der Waals surface area (Å²) in [5, 5.41) is -0.545. The predicted molar refractivity (Wildman–Crippen MR) is 88.6 cm³/mol. The van der Waals surface area contributed by atoms with Crippen LogP contribution in [0.2, 0.25) is 0 Å². The average Bonchev–Trinajstić information content (AvgIpc) is 2.75. The van der Waals surface area contributed by atoms with Gasteiger partial charge in [0.25, 0.3) is 0 Å². The third-order valence-corrected chi connectivity index (χ3v) is 4.49. The third kappa shape index (κ3) is 4.74. The van der Waals surface area contributed by atoms with Crippen LogP contribution < -0.4 is 0 Å². The van der Waals surface area contributed by atoms with E-state index in [-0.39, 0.29) is 5.91 Å². The largest absolute Gasteiger partial charge is 0.341 e. The maximum absolute atomic E-state index is 12.5. The molecule has 0 aromatic heterocycles. The standard InChI is InChI=1S/C18H26ClNO/c1-14(2)13-15-7-9-16(10-8-15)17(19)18(21)20-11-5-3-4-6-12-20/h7-10,14,17H,3-6,11-13H2,1-2H3. The number of carbonyl (C=O) groups is 1. The highest BCUT2D eigenvalue weighted by Crippen LogP contribution is 2.25. The maximum atomic E-state index is 12.5. The highest BCUT2D eigenvalue weighted by Gasteiger charge is 2.24. The van der Waals surface area contributed by atoms with Crippen LogP contribution in [0.15, 0.2) is 24.3 Å². The zero-order chi connectivity index (χ0) is 15.2. The first-order valence-corrected chi connectivity index (χ1v) is 8.53. The van der Waals surface area contributed by atoms with Gasteiger partial charge in [0, 0.05) is 13.1 Å². The van der Waals surface area contributed by atoms with Crippen molar-refractivity contribution in [2.45, 2.75) is 51.3 Å². The SMILES string of the molecule is CC(C)Cc1ccc(C(Cl)C(=O)N2CCCCCC2)cc1. The summed E-state index contributed by atoms with van der Waals surface area (Å²) >= 11 is 6.41. The number of carbonyl (C=O) groups excluding carboxylic acids is 1. The minimum atomic E-state index is -0.545. The lowest BCUT2D eigenvalue weighted by atomic mass is 10.0. The molecule has 0 aliphatic carbocycles. The lowest BCUT2D eigenvalue weighted by molar-refractivity contribution is -0.130. The Morgan fingerprint density at radius 3 is 2.19 bits per heavy atom. The minimum Gasteiger partial charge on any atom is -0.341 e. The van der Waals surface area contributed by atoms with Gasteiger partial charge in [0.05, 0.1) is 0 Å². The Bertz CT molecular complexity index is 447. The van der Waals surface area contributed by atoms with Crippen molar-refractivity contribution < 1.29 is 4.79 Å².